The minimum atomic E-state index is -0.177. The summed E-state index contributed by atoms with van der Waals surface area (Å²) in [5, 5.41) is 0. The molecular weight excluding hydrogens is 239 g/mol. The Kier molecular flexibility index (Phi) is 5.95. The highest BCUT2D eigenvalue weighted by Gasteiger charge is 2.30. The second-order valence-corrected chi connectivity index (χ2v) is 5.94. The van der Waals surface area contributed by atoms with Gasteiger partial charge in [0.15, 0.2) is 0 Å². The van der Waals surface area contributed by atoms with E-state index in [-0.39, 0.29) is 11.4 Å². The molecule has 0 heterocycles. The van der Waals surface area contributed by atoms with Gasteiger partial charge in [-0.15, -0.1) is 0 Å². The normalized spacial score (nSPS) is 14.9. The number of halogens is 1. The standard InChI is InChI=1S/C16H27FN2/c1-5-19(11-13(2)3)16(4,12-18)10-14-7-6-8-15(17)9-14/h6-9,13H,5,10-12,18H2,1-4H3. The average molecular weight is 266 g/mol. The molecule has 0 aliphatic carbocycles. The van der Waals surface area contributed by atoms with Gasteiger partial charge in [-0.05, 0) is 43.5 Å². The van der Waals surface area contributed by atoms with Gasteiger partial charge in [-0.2, -0.15) is 0 Å². The molecule has 19 heavy (non-hydrogen) atoms. The van der Waals surface area contributed by atoms with Crippen LogP contribution < -0.4 is 5.73 Å². The molecule has 0 bridgehead atoms. The molecule has 1 aromatic carbocycles. The van der Waals surface area contributed by atoms with E-state index >= 15 is 0 Å². The van der Waals surface area contributed by atoms with Crippen molar-refractivity contribution in [3.63, 3.8) is 0 Å². The number of hydrogen-bond acceptors (Lipinski definition) is 2. The first-order chi connectivity index (χ1) is 8.91. The third kappa shape index (κ3) is 4.59. The molecule has 0 radical (unpaired) electrons. The van der Waals surface area contributed by atoms with Crippen LogP contribution in [0.5, 0.6) is 0 Å². The molecule has 0 aromatic heterocycles. The van der Waals surface area contributed by atoms with Crippen molar-refractivity contribution in [2.24, 2.45) is 11.7 Å². The summed E-state index contributed by atoms with van der Waals surface area (Å²) in [4.78, 5) is 2.41. The first kappa shape index (κ1) is 16.1. The lowest BCUT2D eigenvalue weighted by atomic mass is 9.90. The minimum Gasteiger partial charge on any atom is -0.329 e. The number of nitrogens with zero attached hydrogens (tertiary/aromatic N) is 1. The maximum Gasteiger partial charge on any atom is 0.123 e. The van der Waals surface area contributed by atoms with Crippen molar-refractivity contribution in [1.82, 2.24) is 4.90 Å². The predicted molar refractivity (Wildman–Crippen MR) is 79.6 cm³/mol. The highest BCUT2D eigenvalue weighted by atomic mass is 19.1. The van der Waals surface area contributed by atoms with E-state index in [1.54, 1.807) is 12.1 Å². The molecule has 0 amide bonds. The molecule has 1 atom stereocenters. The van der Waals surface area contributed by atoms with Crippen LogP contribution in [-0.4, -0.2) is 30.1 Å². The predicted octanol–water partition coefficient (Wildman–Crippen LogP) is 3.06. The Balaban J connectivity index is 2.89. The first-order valence-electron chi connectivity index (χ1n) is 7.11. The van der Waals surface area contributed by atoms with E-state index in [1.807, 2.05) is 6.07 Å². The second kappa shape index (κ2) is 7.01. The largest absolute Gasteiger partial charge is 0.329 e. The zero-order valence-electron chi connectivity index (χ0n) is 12.6. The minimum absolute atomic E-state index is 0.118. The van der Waals surface area contributed by atoms with Crippen LogP contribution in [0.4, 0.5) is 4.39 Å². The maximum atomic E-state index is 13.3. The highest BCUT2D eigenvalue weighted by molar-refractivity contribution is 5.19. The van der Waals surface area contributed by atoms with Crippen molar-refractivity contribution in [3.8, 4) is 0 Å². The number of hydrogen-bond donors (Lipinski definition) is 1. The molecule has 1 unspecified atom stereocenters. The quantitative estimate of drug-likeness (QED) is 0.822. The van der Waals surface area contributed by atoms with Crippen LogP contribution in [0.2, 0.25) is 0 Å². The van der Waals surface area contributed by atoms with Gasteiger partial charge >= 0.3 is 0 Å². The summed E-state index contributed by atoms with van der Waals surface area (Å²) < 4.78 is 13.3. The van der Waals surface area contributed by atoms with Crippen molar-refractivity contribution < 1.29 is 4.39 Å². The van der Waals surface area contributed by atoms with Crippen molar-refractivity contribution in [2.45, 2.75) is 39.7 Å². The second-order valence-electron chi connectivity index (χ2n) is 5.94. The van der Waals surface area contributed by atoms with Crippen LogP contribution in [0.1, 0.15) is 33.3 Å². The Morgan fingerprint density at radius 2 is 2.05 bits per heavy atom. The van der Waals surface area contributed by atoms with Gasteiger partial charge in [0, 0.05) is 18.6 Å². The molecule has 3 heteroatoms. The highest BCUT2D eigenvalue weighted by Crippen LogP contribution is 2.21. The Bertz CT molecular complexity index is 392. The Morgan fingerprint density at radius 1 is 1.37 bits per heavy atom. The number of likely N-dealkylation sites (N-methyl/N-ethyl adjacent to an activating group) is 1. The van der Waals surface area contributed by atoms with Crippen molar-refractivity contribution in [1.29, 1.82) is 0 Å². The molecule has 0 aliphatic rings. The topological polar surface area (TPSA) is 29.3 Å². The van der Waals surface area contributed by atoms with Gasteiger partial charge < -0.3 is 5.73 Å². The summed E-state index contributed by atoms with van der Waals surface area (Å²) in [5.74, 6) is 0.419. The fraction of sp³-hybridized carbons (Fsp3) is 0.625. The van der Waals surface area contributed by atoms with Gasteiger partial charge in [-0.25, -0.2) is 4.39 Å². The van der Waals surface area contributed by atoms with Crippen molar-refractivity contribution in [3.05, 3.63) is 35.6 Å². The van der Waals surface area contributed by atoms with Crippen LogP contribution in [0.3, 0.4) is 0 Å². The Labute approximate surface area is 116 Å². The van der Waals surface area contributed by atoms with Crippen LogP contribution in [0.15, 0.2) is 24.3 Å². The summed E-state index contributed by atoms with van der Waals surface area (Å²) in [6.45, 7) is 11.3. The van der Waals surface area contributed by atoms with Gasteiger partial charge in [0.2, 0.25) is 0 Å². The number of nitrogens with two attached hydrogens (primary N) is 1. The molecule has 0 saturated carbocycles. The van der Waals surface area contributed by atoms with E-state index in [0.29, 0.717) is 12.5 Å². The summed E-state index contributed by atoms with van der Waals surface area (Å²) in [5.41, 5.74) is 6.90. The molecule has 0 aliphatic heterocycles. The maximum absolute atomic E-state index is 13.3. The van der Waals surface area contributed by atoms with Gasteiger partial charge in [-0.3, -0.25) is 4.90 Å². The molecule has 108 valence electrons. The monoisotopic (exact) mass is 266 g/mol. The van der Waals surface area contributed by atoms with E-state index in [2.05, 4.69) is 32.6 Å². The fourth-order valence-corrected chi connectivity index (χ4v) is 2.57. The lowest BCUT2D eigenvalue weighted by Crippen LogP contribution is -2.54. The SMILES string of the molecule is CCN(CC(C)C)C(C)(CN)Cc1cccc(F)c1. The zero-order valence-corrected chi connectivity index (χ0v) is 12.6. The summed E-state index contributed by atoms with van der Waals surface area (Å²) >= 11 is 0. The van der Waals surface area contributed by atoms with E-state index < -0.39 is 0 Å². The van der Waals surface area contributed by atoms with Gasteiger partial charge in [0.25, 0.3) is 0 Å². The van der Waals surface area contributed by atoms with Crippen LogP contribution >= 0.6 is 0 Å². The summed E-state index contributed by atoms with van der Waals surface area (Å²) in [6, 6.07) is 6.83. The van der Waals surface area contributed by atoms with Gasteiger partial charge in [0.1, 0.15) is 5.82 Å². The summed E-state index contributed by atoms with van der Waals surface area (Å²) in [6.07, 6.45) is 0.780. The molecule has 1 aromatic rings. The number of benzene rings is 1. The van der Waals surface area contributed by atoms with Crippen molar-refractivity contribution >= 4 is 0 Å². The fourth-order valence-electron chi connectivity index (χ4n) is 2.57. The van der Waals surface area contributed by atoms with Gasteiger partial charge in [-0.1, -0.05) is 32.9 Å². The molecule has 2 N–H and O–H groups in total. The lowest BCUT2D eigenvalue weighted by Gasteiger charge is -2.41. The molecule has 0 spiro atoms. The van der Waals surface area contributed by atoms with Crippen LogP contribution in [-0.2, 0) is 6.42 Å². The van der Waals surface area contributed by atoms with E-state index in [4.69, 9.17) is 5.73 Å². The van der Waals surface area contributed by atoms with Crippen molar-refractivity contribution in [2.75, 3.05) is 19.6 Å². The number of rotatable bonds is 7. The first-order valence-corrected chi connectivity index (χ1v) is 7.11. The molecule has 0 saturated heterocycles. The van der Waals surface area contributed by atoms with E-state index in [0.717, 1.165) is 25.1 Å². The molecule has 2 nitrogen and oxygen atoms in total. The summed E-state index contributed by atoms with van der Waals surface area (Å²) in [7, 11) is 0. The van der Waals surface area contributed by atoms with E-state index in [9.17, 15) is 4.39 Å². The van der Waals surface area contributed by atoms with Gasteiger partial charge in [0.05, 0.1) is 0 Å². The van der Waals surface area contributed by atoms with E-state index in [1.165, 1.54) is 6.07 Å². The third-order valence-corrected chi connectivity index (χ3v) is 3.64. The molecule has 1 rings (SSSR count). The third-order valence-electron chi connectivity index (χ3n) is 3.64. The average Bonchev–Trinajstić information content (AvgIpc) is 2.35. The smallest absolute Gasteiger partial charge is 0.123 e. The Morgan fingerprint density at radius 3 is 2.53 bits per heavy atom. The zero-order chi connectivity index (χ0) is 14.5. The van der Waals surface area contributed by atoms with Crippen LogP contribution in [0, 0.1) is 11.7 Å². The Hall–Kier alpha value is -0.930. The lowest BCUT2D eigenvalue weighted by molar-refractivity contribution is 0.102. The molecular formula is C16H27FN2. The van der Waals surface area contributed by atoms with Crippen LogP contribution in [0.25, 0.3) is 0 Å². The molecule has 0 fully saturated rings.